The van der Waals surface area contributed by atoms with Crippen LogP contribution in [0.4, 0.5) is 0 Å². The maximum absolute atomic E-state index is 3.53. The van der Waals surface area contributed by atoms with E-state index in [2.05, 4.69) is 64.0 Å². The van der Waals surface area contributed by atoms with Crippen molar-refractivity contribution >= 4 is 16.9 Å². The quantitative estimate of drug-likeness (QED) is 0.902. The van der Waals surface area contributed by atoms with Crippen molar-refractivity contribution in [3.63, 3.8) is 0 Å². The fourth-order valence-electron chi connectivity index (χ4n) is 2.74. The fourth-order valence-corrected chi connectivity index (χ4v) is 3.54. The third-order valence-electron chi connectivity index (χ3n) is 4.05. The molecule has 0 fully saturated rings. The van der Waals surface area contributed by atoms with Crippen LogP contribution in [0.25, 0.3) is 5.57 Å². The van der Waals surface area contributed by atoms with Crippen LogP contribution >= 0.6 is 11.3 Å². The van der Waals surface area contributed by atoms with Crippen LogP contribution in [0.5, 0.6) is 0 Å². The lowest BCUT2D eigenvalue weighted by atomic mass is 10.1. The summed E-state index contributed by atoms with van der Waals surface area (Å²) < 4.78 is 0. The van der Waals surface area contributed by atoms with Crippen molar-refractivity contribution in [2.75, 3.05) is 39.8 Å². The van der Waals surface area contributed by atoms with Gasteiger partial charge in [0.15, 0.2) is 0 Å². The first-order chi connectivity index (χ1) is 10.3. The molecule has 0 atom stereocenters. The highest BCUT2D eigenvalue weighted by molar-refractivity contribution is 7.11. The smallest absolute Gasteiger partial charge is 0.101 e. The van der Waals surface area contributed by atoms with Gasteiger partial charge >= 0.3 is 0 Å². The molecule has 1 aromatic heterocycles. The lowest BCUT2D eigenvalue weighted by molar-refractivity contribution is 0.297. The molecule has 0 spiro atoms. The molecule has 1 N–H and O–H groups in total. The van der Waals surface area contributed by atoms with Gasteiger partial charge in [-0.1, -0.05) is 24.3 Å². The highest BCUT2D eigenvalue weighted by Crippen LogP contribution is 2.25. The predicted octanol–water partition coefficient (Wildman–Crippen LogP) is 2.77. The number of allylic oxidation sites excluding steroid dienone is 2. The summed E-state index contributed by atoms with van der Waals surface area (Å²) in [4.78, 5) is 6.20. The summed E-state index contributed by atoms with van der Waals surface area (Å²) in [6, 6.07) is 4.37. The van der Waals surface area contributed by atoms with Crippen LogP contribution in [0.3, 0.4) is 0 Å². The summed E-state index contributed by atoms with van der Waals surface area (Å²) in [6.45, 7) is 5.34. The van der Waals surface area contributed by atoms with E-state index in [0.29, 0.717) is 0 Å². The van der Waals surface area contributed by atoms with Gasteiger partial charge in [0.2, 0.25) is 0 Å². The molecule has 2 aliphatic rings. The summed E-state index contributed by atoms with van der Waals surface area (Å²) in [7, 11) is 2.12. The molecule has 3 heterocycles. The second-order valence-corrected chi connectivity index (χ2v) is 6.49. The first kappa shape index (κ1) is 14.4. The van der Waals surface area contributed by atoms with Crippen molar-refractivity contribution in [1.82, 2.24) is 15.1 Å². The zero-order chi connectivity index (χ0) is 14.5. The lowest BCUT2D eigenvalue weighted by Gasteiger charge is -2.28. The molecule has 21 heavy (non-hydrogen) atoms. The highest BCUT2D eigenvalue weighted by atomic mass is 32.1. The summed E-state index contributed by atoms with van der Waals surface area (Å²) in [5.41, 5.74) is 1.52. The van der Waals surface area contributed by atoms with Crippen molar-refractivity contribution in [2.45, 2.75) is 6.42 Å². The number of nitrogens with one attached hydrogen (secondary N) is 1. The Morgan fingerprint density at radius 2 is 2.29 bits per heavy atom. The first-order valence-corrected chi connectivity index (χ1v) is 8.48. The maximum Gasteiger partial charge on any atom is 0.101 e. The van der Waals surface area contributed by atoms with Gasteiger partial charge in [-0.25, -0.2) is 0 Å². The van der Waals surface area contributed by atoms with Gasteiger partial charge in [-0.3, -0.25) is 4.90 Å². The average Bonchev–Trinajstić information content (AvgIpc) is 3.04. The maximum atomic E-state index is 3.53. The summed E-state index contributed by atoms with van der Waals surface area (Å²) in [6.07, 6.45) is 10.0. The molecule has 0 saturated heterocycles. The molecular weight excluding hydrogens is 278 g/mol. The molecule has 0 aromatic carbocycles. The minimum absolute atomic E-state index is 0.995. The molecule has 3 nitrogen and oxygen atoms in total. The van der Waals surface area contributed by atoms with Gasteiger partial charge in [0.25, 0.3) is 0 Å². The van der Waals surface area contributed by atoms with E-state index in [1.54, 1.807) is 0 Å². The van der Waals surface area contributed by atoms with E-state index in [1.807, 2.05) is 11.3 Å². The average molecular weight is 301 g/mol. The van der Waals surface area contributed by atoms with Gasteiger partial charge in [0, 0.05) is 44.6 Å². The number of nitrogens with zero attached hydrogens (tertiary/aromatic N) is 2. The number of hydrogen-bond donors (Lipinski definition) is 1. The summed E-state index contributed by atoms with van der Waals surface area (Å²) in [5, 5.41) is 5.69. The van der Waals surface area contributed by atoms with Crippen molar-refractivity contribution in [3.05, 3.63) is 52.5 Å². The lowest BCUT2D eigenvalue weighted by Crippen LogP contribution is -2.38. The minimum Gasteiger partial charge on any atom is -0.370 e. The Kier molecular flexibility index (Phi) is 4.78. The SMILES string of the molecule is CN1CC=CC=C1NCCN1CC=C(c2cccs2)CC1. The van der Waals surface area contributed by atoms with E-state index >= 15 is 0 Å². The van der Waals surface area contributed by atoms with E-state index in [4.69, 9.17) is 0 Å². The molecule has 0 saturated carbocycles. The number of likely N-dealkylation sites (N-methyl/N-ethyl adjacent to an activating group) is 1. The van der Waals surface area contributed by atoms with Crippen molar-refractivity contribution in [1.29, 1.82) is 0 Å². The topological polar surface area (TPSA) is 18.5 Å². The van der Waals surface area contributed by atoms with Gasteiger partial charge in [-0.15, -0.1) is 11.3 Å². The Morgan fingerprint density at radius 1 is 1.33 bits per heavy atom. The summed E-state index contributed by atoms with van der Waals surface area (Å²) in [5.74, 6) is 1.23. The Hall–Kier alpha value is -1.52. The Balaban J connectivity index is 1.43. The second kappa shape index (κ2) is 6.96. The molecule has 3 rings (SSSR count). The first-order valence-electron chi connectivity index (χ1n) is 7.60. The van der Waals surface area contributed by atoms with Crippen LogP contribution in [-0.2, 0) is 0 Å². The molecule has 2 aliphatic heterocycles. The van der Waals surface area contributed by atoms with Crippen molar-refractivity contribution in [2.24, 2.45) is 0 Å². The third-order valence-corrected chi connectivity index (χ3v) is 4.99. The Bertz CT molecular complexity index is 542. The molecule has 1 aromatic rings. The molecule has 0 radical (unpaired) electrons. The van der Waals surface area contributed by atoms with E-state index in [1.165, 1.54) is 29.2 Å². The van der Waals surface area contributed by atoms with Gasteiger partial charge in [0.1, 0.15) is 5.82 Å². The van der Waals surface area contributed by atoms with Gasteiger partial charge in [-0.2, -0.15) is 0 Å². The summed E-state index contributed by atoms with van der Waals surface area (Å²) >= 11 is 1.85. The normalized spacial score (nSPS) is 19.4. The molecule has 0 bridgehead atoms. The number of rotatable bonds is 5. The monoisotopic (exact) mass is 301 g/mol. The van der Waals surface area contributed by atoms with E-state index in [9.17, 15) is 0 Å². The number of hydrogen-bond acceptors (Lipinski definition) is 4. The Morgan fingerprint density at radius 3 is 3.00 bits per heavy atom. The highest BCUT2D eigenvalue weighted by Gasteiger charge is 2.13. The van der Waals surface area contributed by atoms with Crippen LogP contribution in [0.15, 0.2) is 47.6 Å². The van der Waals surface area contributed by atoms with E-state index < -0.39 is 0 Å². The largest absolute Gasteiger partial charge is 0.370 e. The van der Waals surface area contributed by atoms with Crippen LogP contribution < -0.4 is 5.32 Å². The van der Waals surface area contributed by atoms with Crippen molar-refractivity contribution < 1.29 is 0 Å². The number of thiophene rings is 1. The van der Waals surface area contributed by atoms with E-state index in [-0.39, 0.29) is 0 Å². The van der Waals surface area contributed by atoms with Gasteiger partial charge in [-0.05, 0) is 29.5 Å². The molecule has 0 amide bonds. The zero-order valence-electron chi connectivity index (χ0n) is 12.6. The van der Waals surface area contributed by atoms with Crippen LogP contribution in [0.2, 0.25) is 0 Å². The van der Waals surface area contributed by atoms with Gasteiger partial charge in [0.05, 0.1) is 0 Å². The molecular formula is C17H23N3S. The molecule has 112 valence electrons. The Labute approximate surface area is 131 Å². The van der Waals surface area contributed by atoms with E-state index in [0.717, 1.165) is 26.2 Å². The van der Waals surface area contributed by atoms with Crippen LogP contribution in [-0.4, -0.2) is 49.6 Å². The standard InChI is InChI=1S/C17H23N3S/c1-19-10-3-2-6-17(19)18-9-13-20-11-7-15(8-12-20)16-5-4-14-21-16/h2-7,14,18H,8-13H2,1H3. The molecule has 0 unspecified atom stereocenters. The predicted molar refractivity (Wildman–Crippen MR) is 91.2 cm³/mol. The third kappa shape index (κ3) is 3.77. The fraction of sp³-hybridized carbons (Fsp3) is 0.412. The van der Waals surface area contributed by atoms with Crippen LogP contribution in [0.1, 0.15) is 11.3 Å². The second-order valence-electron chi connectivity index (χ2n) is 5.54. The minimum atomic E-state index is 0.995. The van der Waals surface area contributed by atoms with Gasteiger partial charge < -0.3 is 10.2 Å². The molecule has 4 heteroatoms. The van der Waals surface area contributed by atoms with Crippen molar-refractivity contribution in [3.8, 4) is 0 Å². The van der Waals surface area contributed by atoms with Crippen LogP contribution in [0, 0.1) is 0 Å². The zero-order valence-corrected chi connectivity index (χ0v) is 13.4. The molecule has 0 aliphatic carbocycles.